The average molecular weight is 310 g/mol. The number of hydrogen-bond acceptors (Lipinski definition) is 4. The third-order valence-corrected chi connectivity index (χ3v) is 3.40. The van der Waals surface area contributed by atoms with Gasteiger partial charge in [0.25, 0.3) is 11.3 Å². The number of fused-ring (bicyclic) bond motifs is 1. The van der Waals surface area contributed by atoms with Crippen LogP contribution in [-0.2, 0) is 6.54 Å². The largest absolute Gasteiger partial charge is 0.274 e. The van der Waals surface area contributed by atoms with Crippen molar-refractivity contribution in [1.29, 1.82) is 0 Å². The number of benzene rings is 1. The molecule has 0 aliphatic heterocycles. The fourth-order valence-electron chi connectivity index (χ4n) is 2.34. The first-order valence-corrected chi connectivity index (χ1v) is 6.92. The monoisotopic (exact) mass is 310 g/mol. The molecule has 0 amide bonds. The van der Waals surface area contributed by atoms with Gasteiger partial charge in [0.15, 0.2) is 5.82 Å². The predicted molar refractivity (Wildman–Crippen MR) is 80.3 cm³/mol. The second kappa shape index (κ2) is 5.16. The molecule has 23 heavy (non-hydrogen) atoms. The van der Waals surface area contributed by atoms with Crippen molar-refractivity contribution in [2.24, 2.45) is 0 Å². The maximum Gasteiger partial charge on any atom is 0.274 e. The number of H-pyrrole nitrogens is 1. The summed E-state index contributed by atoms with van der Waals surface area (Å²) in [5.74, 6) is 0.0261. The highest BCUT2D eigenvalue weighted by molar-refractivity contribution is 5.57. The molecule has 1 N–H and O–H groups in total. The van der Waals surface area contributed by atoms with Gasteiger partial charge < -0.3 is 0 Å². The molecule has 3 aromatic heterocycles. The van der Waals surface area contributed by atoms with Gasteiger partial charge in [0.05, 0.1) is 17.8 Å². The Balaban J connectivity index is 1.81. The summed E-state index contributed by atoms with van der Waals surface area (Å²) in [6.45, 7) is 0.362. The first kappa shape index (κ1) is 13.4. The van der Waals surface area contributed by atoms with Crippen LogP contribution in [-0.4, -0.2) is 29.4 Å². The zero-order valence-corrected chi connectivity index (χ0v) is 11.8. The van der Waals surface area contributed by atoms with Crippen molar-refractivity contribution in [1.82, 2.24) is 29.4 Å². The van der Waals surface area contributed by atoms with Crippen LogP contribution in [0.3, 0.4) is 0 Å². The van der Waals surface area contributed by atoms with Crippen molar-refractivity contribution in [2.75, 3.05) is 0 Å². The van der Waals surface area contributed by atoms with Gasteiger partial charge in [-0.05, 0) is 18.2 Å². The van der Waals surface area contributed by atoms with E-state index in [1.54, 1.807) is 41.3 Å². The lowest BCUT2D eigenvalue weighted by atomic mass is 10.2. The smallest absolute Gasteiger partial charge is 0.271 e. The molecule has 0 radical (unpaired) electrons. The predicted octanol–water partition coefficient (Wildman–Crippen LogP) is 1.47. The molecule has 0 fully saturated rings. The van der Waals surface area contributed by atoms with Crippen LogP contribution in [0.25, 0.3) is 17.2 Å². The highest BCUT2D eigenvalue weighted by Crippen LogP contribution is 2.18. The van der Waals surface area contributed by atoms with Gasteiger partial charge >= 0.3 is 0 Å². The van der Waals surface area contributed by atoms with Crippen LogP contribution in [0, 0.1) is 5.82 Å². The van der Waals surface area contributed by atoms with Gasteiger partial charge in [-0.15, -0.1) is 0 Å². The molecule has 0 bridgehead atoms. The lowest BCUT2D eigenvalue weighted by molar-refractivity contribution is 0.630. The summed E-state index contributed by atoms with van der Waals surface area (Å²) in [6, 6.07) is 9.40. The summed E-state index contributed by atoms with van der Waals surface area (Å²) in [4.78, 5) is 20.7. The lowest BCUT2D eigenvalue weighted by Crippen LogP contribution is -2.17. The van der Waals surface area contributed by atoms with Crippen LogP contribution in [0.5, 0.6) is 0 Å². The van der Waals surface area contributed by atoms with E-state index in [1.807, 2.05) is 0 Å². The Morgan fingerprint density at radius 3 is 2.83 bits per heavy atom. The second-order valence-electron chi connectivity index (χ2n) is 4.98. The SMILES string of the molecule is O=c1cc(Cn2cccn2)nc2nc(-c3ccccc3F)[nH]n12. The molecule has 0 aliphatic carbocycles. The molecule has 3 heterocycles. The molecule has 1 aromatic carbocycles. The minimum Gasteiger partial charge on any atom is -0.271 e. The minimum absolute atomic E-state index is 0.193. The van der Waals surface area contributed by atoms with Gasteiger partial charge in [-0.1, -0.05) is 12.1 Å². The zero-order valence-electron chi connectivity index (χ0n) is 11.8. The van der Waals surface area contributed by atoms with Gasteiger partial charge in [0.1, 0.15) is 5.82 Å². The summed E-state index contributed by atoms with van der Waals surface area (Å²) in [5.41, 5.74) is 0.503. The fraction of sp³-hybridized carbons (Fsp3) is 0.0667. The average Bonchev–Trinajstić information content (AvgIpc) is 3.17. The quantitative estimate of drug-likeness (QED) is 0.621. The van der Waals surface area contributed by atoms with E-state index in [4.69, 9.17) is 0 Å². The van der Waals surface area contributed by atoms with Crippen LogP contribution in [0.15, 0.2) is 53.6 Å². The summed E-state index contributed by atoms with van der Waals surface area (Å²) >= 11 is 0. The number of aromatic nitrogens is 6. The van der Waals surface area contributed by atoms with Crippen LogP contribution < -0.4 is 5.56 Å². The van der Waals surface area contributed by atoms with Crippen LogP contribution >= 0.6 is 0 Å². The molecule has 4 rings (SSSR count). The lowest BCUT2D eigenvalue weighted by Gasteiger charge is -2.00. The number of aromatic amines is 1. The van der Waals surface area contributed by atoms with Crippen molar-refractivity contribution in [3.63, 3.8) is 0 Å². The van der Waals surface area contributed by atoms with Gasteiger partial charge in [0.2, 0.25) is 0 Å². The number of rotatable bonds is 3. The van der Waals surface area contributed by atoms with Crippen molar-refractivity contribution >= 4 is 5.78 Å². The molecular weight excluding hydrogens is 299 g/mol. The molecular formula is C15H11FN6O. The summed E-state index contributed by atoms with van der Waals surface area (Å²) in [6.07, 6.45) is 3.43. The topological polar surface area (TPSA) is 80.9 Å². The highest BCUT2D eigenvalue weighted by atomic mass is 19.1. The number of hydrogen-bond donors (Lipinski definition) is 1. The highest BCUT2D eigenvalue weighted by Gasteiger charge is 2.12. The fourth-order valence-corrected chi connectivity index (χ4v) is 2.34. The van der Waals surface area contributed by atoms with E-state index >= 15 is 0 Å². The maximum absolute atomic E-state index is 13.9. The van der Waals surface area contributed by atoms with Gasteiger partial charge in [-0.2, -0.15) is 14.6 Å². The van der Waals surface area contributed by atoms with Crippen LogP contribution in [0.4, 0.5) is 4.39 Å². The maximum atomic E-state index is 13.9. The van der Waals surface area contributed by atoms with Crippen molar-refractivity contribution < 1.29 is 4.39 Å². The van der Waals surface area contributed by atoms with Crippen molar-refractivity contribution in [3.05, 3.63) is 70.7 Å². The number of halogens is 1. The van der Waals surface area contributed by atoms with Crippen molar-refractivity contribution in [3.8, 4) is 11.4 Å². The van der Waals surface area contributed by atoms with E-state index in [2.05, 4.69) is 20.2 Å². The Morgan fingerprint density at radius 1 is 1.17 bits per heavy atom. The van der Waals surface area contributed by atoms with Crippen LogP contribution in [0.1, 0.15) is 5.69 Å². The molecule has 0 unspecified atom stereocenters. The first-order chi connectivity index (χ1) is 11.2. The standard InChI is InChI=1S/C15H11FN6O/c16-12-5-2-1-4-11(12)14-19-15-18-10(8-13(23)22(15)20-14)9-21-7-3-6-17-21/h1-8H,9H2,(H,18,19,20). The Labute approximate surface area is 129 Å². The molecule has 0 saturated heterocycles. The summed E-state index contributed by atoms with van der Waals surface area (Å²) in [5, 5.41) is 6.85. The Bertz CT molecular complexity index is 1030. The normalized spacial score (nSPS) is 11.2. The minimum atomic E-state index is -0.420. The van der Waals surface area contributed by atoms with Gasteiger partial charge in [-0.25, -0.2) is 9.37 Å². The van der Waals surface area contributed by atoms with Gasteiger partial charge in [-0.3, -0.25) is 14.6 Å². The van der Waals surface area contributed by atoms with E-state index in [-0.39, 0.29) is 22.7 Å². The second-order valence-corrected chi connectivity index (χ2v) is 4.98. The Kier molecular flexibility index (Phi) is 3.00. The molecule has 7 nitrogen and oxygen atoms in total. The summed E-state index contributed by atoms with van der Waals surface area (Å²) in [7, 11) is 0. The molecule has 0 spiro atoms. The van der Waals surface area contributed by atoms with E-state index in [9.17, 15) is 9.18 Å². The zero-order chi connectivity index (χ0) is 15.8. The third-order valence-electron chi connectivity index (χ3n) is 3.40. The molecule has 0 saturated carbocycles. The molecule has 114 valence electrons. The summed E-state index contributed by atoms with van der Waals surface area (Å²) < 4.78 is 16.7. The van der Waals surface area contributed by atoms with Crippen LogP contribution in [0.2, 0.25) is 0 Å². The van der Waals surface area contributed by atoms with E-state index in [0.717, 1.165) is 0 Å². The third kappa shape index (κ3) is 2.39. The molecule has 8 heteroatoms. The number of nitrogens with zero attached hydrogens (tertiary/aromatic N) is 5. The first-order valence-electron chi connectivity index (χ1n) is 6.92. The molecule has 0 atom stereocenters. The van der Waals surface area contributed by atoms with E-state index in [1.165, 1.54) is 16.6 Å². The molecule has 0 aliphatic rings. The molecule has 4 aromatic rings. The Hall–Kier alpha value is -3.29. The van der Waals surface area contributed by atoms with E-state index in [0.29, 0.717) is 12.2 Å². The van der Waals surface area contributed by atoms with Gasteiger partial charge in [0, 0.05) is 18.5 Å². The number of nitrogens with one attached hydrogen (secondary N) is 1. The van der Waals surface area contributed by atoms with Crippen molar-refractivity contribution in [2.45, 2.75) is 6.54 Å². The van der Waals surface area contributed by atoms with E-state index < -0.39 is 5.82 Å². The Morgan fingerprint density at radius 2 is 2.04 bits per heavy atom.